The Balaban J connectivity index is 1.27. The summed E-state index contributed by atoms with van der Waals surface area (Å²) in [5.74, 6) is 0.128. The van der Waals surface area contributed by atoms with E-state index >= 15 is 0 Å². The first-order valence-corrected chi connectivity index (χ1v) is 14.4. The molecular weight excluding hydrogens is 482 g/mol. The summed E-state index contributed by atoms with van der Waals surface area (Å²) < 4.78 is 28.0. The zero-order chi connectivity index (χ0) is 26.5. The number of sulfonamides is 1. The molecule has 0 spiro atoms. The monoisotopic (exact) mass is 519 g/mol. The molecule has 0 bridgehead atoms. The third-order valence-corrected chi connectivity index (χ3v) is 8.85. The third-order valence-electron chi connectivity index (χ3n) is 6.94. The molecule has 1 aromatic heterocycles. The Hall–Kier alpha value is -2.87. The average molecular weight is 520 g/mol. The van der Waals surface area contributed by atoms with Crippen LogP contribution in [0.4, 0.5) is 0 Å². The van der Waals surface area contributed by atoms with Crippen molar-refractivity contribution in [1.29, 1.82) is 0 Å². The molecule has 1 saturated heterocycles. The van der Waals surface area contributed by atoms with Crippen molar-refractivity contribution in [3.63, 3.8) is 0 Å². The molecule has 1 aliphatic rings. The van der Waals surface area contributed by atoms with Crippen molar-refractivity contribution in [3.05, 3.63) is 95.3 Å². The highest BCUT2D eigenvalue weighted by Gasteiger charge is 2.28. The topological polar surface area (TPSA) is 70.6 Å². The molecule has 0 atom stereocenters. The van der Waals surface area contributed by atoms with Gasteiger partial charge in [-0.3, -0.25) is 14.7 Å². The van der Waals surface area contributed by atoms with E-state index in [1.54, 1.807) is 41.0 Å². The summed E-state index contributed by atoms with van der Waals surface area (Å²) in [6.07, 6.45) is 4.89. The summed E-state index contributed by atoms with van der Waals surface area (Å²) in [4.78, 5) is 19.0. The van der Waals surface area contributed by atoms with Crippen LogP contribution in [0.2, 0.25) is 0 Å². The average Bonchev–Trinajstić information content (AvgIpc) is 2.88. The van der Waals surface area contributed by atoms with Crippen LogP contribution in [0.1, 0.15) is 49.4 Å². The second-order valence-electron chi connectivity index (χ2n) is 10.8. The van der Waals surface area contributed by atoms with Gasteiger partial charge in [-0.1, -0.05) is 63.2 Å². The van der Waals surface area contributed by atoms with E-state index in [2.05, 4.69) is 54.9 Å². The minimum Gasteiger partial charge on any atom is -0.299 e. The van der Waals surface area contributed by atoms with E-state index in [1.165, 1.54) is 11.1 Å². The van der Waals surface area contributed by atoms with Crippen molar-refractivity contribution in [3.8, 4) is 0 Å². The molecule has 1 aliphatic heterocycles. The van der Waals surface area contributed by atoms with Gasteiger partial charge in [-0.2, -0.15) is 4.31 Å². The van der Waals surface area contributed by atoms with Gasteiger partial charge in [0.1, 0.15) is 5.78 Å². The fourth-order valence-corrected chi connectivity index (χ4v) is 5.99. The number of carbonyl (C=O) groups is 1. The van der Waals surface area contributed by atoms with Crippen LogP contribution >= 0.6 is 0 Å². The summed E-state index contributed by atoms with van der Waals surface area (Å²) in [7, 11) is -3.56. The number of benzene rings is 2. The molecule has 2 aromatic carbocycles. The first-order chi connectivity index (χ1) is 17.6. The summed E-state index contributed by atoms with van der Waals surface area (Å²) in [5.41, 5.74) is 4.56. The molecule has 0 unspecified atom stereocenters. The molecule has 0 aliphatic carbocycles. The summed E-state index contributed by atoms with van der Waals surface area (Å²) in [6, 6.07) is 19.3. The van der Waals surface area contributed by atoms with Crippen LogP contribution in [0.5, 0.6) is 0 Å². The number of hydrogen-bond acceptors (Lipinski definition) is 5. The van der Waals surface area contributed by atoms with Crippen LogP contribution in [-0.2, 0) is 39.6 Å². The van der Waals surface area contributed by atoms with Crippen molar-refractivity contribution in [2.45, 2.75) is 56.9 Å². The van der Waals surface area contributed by atoms with Gasteiger partial charge in [0.25, 0.3) is 0 Å². The van der Waals surface area contributed by atoms with E-state index in [4.69, 9.17) is 0 Å². The normalized spacial score (nSPS) is 15.5. The summed E-state index contributed by atoms with van der Waals surface area (Å²) >= 11 is 0. The smallest absolute Gasteiger partial charge is 0.243 e. The Labute approximate surface area is 221 Å². The van der Waals surface area contributed by atoms with Crippen LogP contribution in [0.25, 0.3) is 0 Å². The fraction of sp³-hybridized carbons (Fsp3) is 0.400. The van der Waals surface area contributed by atoms with Crippen LogP contribution in [0.15, 0.2) is 78.0 Å². The first kappa shape index (κ1) is 27.2. The number of aromatic nitrogens is 1. The Morgan fingerprint density at radius 2 is 1.51 bits per heavy atom. The largest absolute Gasteiger partial charge is 0.299 e. The highest BCUT2D eigenvalue weighted by atomic mass is 32.2. The van der Waals surface area contributed by atoms with E-state index in [-0.39, 0.29) is 16.1 Å². The highest BCUT2D eigenvalue weighted by Crippen LogP contribution is 2.23. The minimum absolute atomic E-state index is 0.128. The Bertz CT molecular complexity index is 1270. The van der Waals surface area contributed by atoms with E-state index in [0.717, 1.165) is 17.7 Å². The zero-order valence-electron chi connectivity index (χ0n) is 22.1. The van der Waals surface area contributed by atoms with Gasteiger partial charge in [0.15, 0.2) is 0 Å². The molecular formula is C30H37N3O3S. The maximum Gasteiger partial charge on any atom is 0.243 e. The Kier molecular flexibility index (Phi) is 8.57. The third kappa shape index (κ3) is 7.34. The lowest BCUT2D eigenvalue weighted by molar-refractivity contribution is -0.118. The predicted octanol–water partition coefficient (Wildman–Crippen LogP) is 4.63. The van der Waals surface area contributed by atoms with Gasteiger partial charge in [0, 0.05) is 58.0 Å². The second kappa shape index (κ2) is 11.7. The molecule has 0 amide bonds. The number of pyridine rings is 1. The first-order valence-electron chi connectivity index (χ1n) is 12.9. The standard InChI is InChI=1S/C30H37N3O3S/c1-30(2,3)27-11-6-26(7-12-27)23-32-17-19-33(20-18-32)37(35,36)29-14-9-24(10-15-29)21-28(34)13-8-25-5-4-16-31-22-25/h4-7,9-12,14-16,22H,8,13,17-21,23H2,1-3H3. The van der Waals surface area contributed by atoms with Gasteiger partial charge in [-0.05, 0) is 52.3 Å². The summed E-state index contributed by atoms with van der Waals surface area (Å²) in [6.45, 7) is 9.78. The lowest BCUT2D eigenvalue weighted by atomic mass is 9.87. The van der Waals surface area contributed by atoms with Gasteiger partial charge in [-0.15, -0.1) is 0 Å². The van der Waals surface area contributed by atoms with Gasteiger partial charge in [0.05, 0.1) is 4.90 Å². The number of ketones is 1. The predicted molar refractivity (Wildman–Crippen MR) is 147 cm³/mol. The highest BCUT2D eigenvalue weighted by molar-refractivity contribution is 7.89. The number of nitrogens with zero attached hydrogens (tertiary/aromatic N) is 3. The van der Waals surface area contributed by atoms with E-state index in [9.17, 15) is 13.2 Å². The fourth-order valence-electron chi connectivity index (χ4n) is 4.57. The number of Topliss-reactive ketones (excluding diaryl/α,β-unsaturated/α-hetero) is 1. The van der Waals surface area contributed by atoms with E-state index in [1.807, 2.05) is 12.1 Å². The zero-order valence-corrected chi connectivity index (χ0v) is 22.9. The van der Waals surface area contributed by atoms with E-state index in [0.29, 0.717) is 45.4 Å². The molecule has 7 heteroatoms. The SMILES string of the molecule is CC(C)(C)c1ccc(CN2CCN(S(=O)(=O)c3ccc(CC(=O)CCc4cccnc4)cc3)CC2)cc1. The summed E-state index contributed by atoms with van der Waals surface area (Å²) in [5, 5.41) is 0. The maximum atomic E-state index is 13.2. The maximum absolute atomic E-state index is 13.2. The molecule has 37 heavy (non-hydrogen) atoms. The molecule has 6 nitrogen and oxygen atoms in total. The molecule has 196 valence electrons. The number of piperazine rings is 1. The number of carbonyl (C=O) groups excluding carboxylic acids is 1. The molecule has 4 rings (SSSR count). The Morgan fingerprint density at radius 1 is 0.865 bits per heavy atom. The van der Waals surface area contributed by atoms with E-state index < -0.39 is 10.0 Å². The van der Waals surface area contributed by atoms with Gasteiger partial charge >= 0.3 is 0 Å². The van der Waals surface area contributed by atoms with Crippen LogP contribution < -0.4 is 0 Å². The van der Waals surface area contributed by atoms with Crippen molar-refractivity contribution < 1.29 is 13.2 Å². The number of aryl methyl sites for hydroxylation is 1. The van der Waals surface area contributed by atoms with Crippen molar-refractivity contribution in [2.24, 2.45) is 0 Å². The Morgan fingerprint density at radius 3 is 2.11 bits per heavy atom. The molecule has 2 heterocycles. The van der Waals surface area contributed by atoms with Crippen molar-refractivity contribution >= 4 is 15.8 Å². The number of hydrogen-bond donors (Lipinski definition) is 0. The quantitative estimate of drug-likeness (QED) is 0.412. The van der Waals surface area contributed by atoms with Gasteiger partial charge in [-0.25, -0.2) is 8.42 Å². The second-order valence-corrected chi connectivity index (χ2v) is 12.8. The van der Waals surface area contributed by atoms with Crippen LogP contribution in [0, 0.1) is 0 Å². The molecule has 0 saturated carbocycles. The van der Waals surface area contributed by atoms with Gasteiger partial charge in [0.2, 0.25) is 10.0 Å². The molecule has 0 radical (unpaired) electrons. The lowest BCUT2D eigenvalue weighted by Crippen LogP contribution is -2.48. The van der Waals surface area contributed by atoms with Crippen LogP contribution in [0.3, 0.4) is 0 Å². The molecule has 1 fully saturated rings. The molecule has 3 aromatic rings. The van der Waals surface area contributed by atoms with Crippen molar-refractivity contribution in [2.75, 3.05) is 26.2 Å². The number of rotatable bonds is 9. The molecule has 0 N–H and O–H groups in total. The van der Waals surface area contributed by atoms with Crippen molar-refractivity contribution in [1.82, 2.24) is 14.2 Å². The lowest BCUT2D eigenvalue weighted by Gasteiger charge is -2.34. The van der Waals surface area contributed by atoms with Gasteiger partial charge < -0.3 is 0 Å². The minimum atomic E-state index is -3.56. The van der Waals surface area contributed by atoms with Crippen LogP contribution in [-0.4, -0.2) is 54.6 Å².